The summed E-state index contributed by atoms with van der Waals surface area (Å²) in [4.78, 5) is 12.5. The number of alkyl halides is 5. The van der Waals surface area contributed by atoms with Crippen LogP contribution in [-0.2, 0) is 15.6 Å². The molecule has 0 aromatic heterocycles. The molecule has 0 amide bonds. The molecule has 34 heavy (non-hydrogen) atoms. The van der Waals surface area contributed by atoms with Gasteiger partial charge in [-0.3, -0.25) is 4.79 Å². The molecular weight excluding hydrogens is 469 g/mol. The maximum absolute atomic E-state index is 14.0. The first kappa shape index (κ1) is 26.8. The van der Waals surface area contributed by atoms with Crippen LogP contribution < -0.4 is 4.74 Å². The van der Waals surface area contributed by atoms with E-state index in [0.29, 0.717) is 24.7 Å². The Kier molecular flexibility index (Phi) is 8.52. The number of hydrogen-bond acceptors (Lipinski definition) is 3. The van der Waals surface area contributed by atoms with Crippen molar-refractivity contribution in [3.8, 4) is 5.75 Å². The van der Waals surface area contributed by atoms with Gasteiger partial charge in [0.1, 0.15) is 22.9 Å². The van der Waals surface area contributed by atoms with Crippen LogP contribution in [0.1, 0.15) is 76.7 Å². The van der Waals surface area contributed by atoms with Gasteiger partial charge in [-0.25, -0.2) is 13.5 Å². The van der Waals surface area contributed by atoms with Crippen LogP contribution in [0.15, 0.2) is 12.1 Å². The minimum Gasteiger partial charge on any atom is -0.426 e. The van der Waals surface area contributed by atoms with Crippen LogP contribution in [0.3, 0.4) is 0 Å². The summed E-state index contributed by atoms with van der Waals surface area (Å²) < 4.78 is 99.2. The Bertz CT molecular complexity index is 816. The van der Waals surface area contributed by atoms with Gasteiger partial charge in [-0.05, 0) is 56.3 Å². The summed E-state index contributed by atoms with van der Waals surface area (Å²) in [5.41, 5.74) is -2.21. The highest BCUT2D eigenvalue weighted by atomic mass is 19.4. The molecule has 0 spiro atoms. The fraction of sp³-hybridized carbons (Fsp3) is 0.708. The summed E-state index contributed by atoms with van der Waals surface area (Å²) >= 11 is 0. The molecule has 0 atom stereocenters. The third-order valence-corrected chi connectivity index (χ3v) is 7.13. The van der Waals surface area contributed by atoms with Gasteiger partial charge < -0.3 is 4.74 Å². The van der Waals surface area contributed by atoms with Crippen molar-refractivity contribution in [1.82, 2.24) is 0 Å². The molecule has 10 heteroatoms. The minimum absolute atomic E-state index is 0.254. The van der Waals surface area contributed by atoms with Crippen LogP contribution in [-0.4, -0.2) is 12.3 Å². The van der Waals surface area contributed by atoms with E-state index in [1.54, 1.807) is 0 Å². The fourth-order valence-corrected chi connectivity index (χ4v) is 5.47. The predicted octanol–water partition coefficient (Wildman–Crippen LogP) is 7.87. The van der Waals surface area contributed by atoms with Crippen LogP contribution in [0.4, 0.5) is 30.7 Å². The average Bonchev–Trinajstić information content (AvgIpc) is 2.72. The fourth-order valence-electron chi connectivity index (χ4n) is 5.47. The Morgan fingerprint density at radius 2 is 1.38 bits per heavy atom. The van der Waals surface area contributed by atoms with Crippen molar-refractivity contribution in [2.75, 3.05) is 0 Å². The first-order valence-corrected chi connectivity index (χ1v) is 11.8. The van der Waals surface area contributed by atoms with Gasteiger partial charge in [0.05, 0.1) is 5.92 Å². The topological polar surface area (TPSA) is 35.5 Å². The minimum atomic E-state index is -5.82. The molecule has 0 aliphatic heterocycles. The second kappa shape index (κ2) is 10.8. The lowest BCUT2D eigenvalue weighted by Crippen LogP contribution is -2.30. The highest BCUT2D eigenvalue weighted by Crippen LogP contribution is 2.43. The third-order valence-electron chi connectivity index (χ3n) is 7.13. The summed E-state index contributed by atoms with van der Waals surface area (Å²) in [6, 6.07) is 0.509. The monoisotopic (exact) mass is 498 g/mol. The van der Waals surface area contributed by atoms with E-state index in [1.807, 2.05) is 0 Å². The maximum Gasteiger partial charge on any atom is 0.527 e. The van der Waals surface area contributed by atoms with Gasteiger partial charge in [0.25, 0.3) is 0 Å². The quantitative estimate of drug-likeness (QED) is 0.218. The standard InChI is InChI=1S/C24H29F7O3/c1-2-3-14-4-6-15(7-5-14)16-8-10-17(11-9-16)22(32)33-18-12-19(25)21(20(26)13-18)23(27,28)34-24(29,30)31/h12-17H,2-11H2,1H3. The molecule has 0 heterocycles. The van der Waals surface area contributed by atoms with Crippen molar-refractivity contribution in [3.63, 3.8) is 0 Å². The second-order valence-corrected chi connectivity index (χ2v) is 9.43. The average molecular weight is 498 g/mol. The molecule has 2 aliphatic rings. The second-order valence-electron chi connectivity index (χ2n) is 9.43. The molecule has 192 valence electrons. The van der Waals surface area contributed by atoms with Crippen LogP contribution in [0, 0.1) is 35.3 Å². The summed E-state index contributed by atoms with van der Waals surface area (Å²) in [5, 5.41) is 0. The first-order chi connectivity index (χ1) is 15.9. The highest BCUT2D eigenvalue weighted by molar-refractivity contribution is 5.75. The van der Waals surface area contributed by atoms with E-state index < -0.39 is 47.3 Å². The summed E-state index contributed by atoms with van der Waals surface area (Å²) in [7, 11) is 0. The van der Waals surface area contributed by atoms with E-state index in [-0.39, 0.29) is 12.1 Å². The van der Waals surface area contributed by atoms with Crippen molar-refractivity contribution in [1.29, 1.82) is 0 Å². The lowest BCUT2D eigenvalue weighted by Gasteiger charge is -2.37. The van der Waals surface area contributed by atoms with Gasteiger partial charge >= 0.3 is 18.4 Å². The zero-order valence-corrected chi connectivity index (χ0v) is 18.9. The van der Waals surface area contributed by atoms with Crippen LogP contribution in [0.2, 0.25) is 0 Å². The lowest BCUT2D eigenvalue weighted by molar-refractivity contribution is -0.432. The third kappa shape index (κ3) is 6.86. The van der Waals surface area contributed by atoms with Gasteiger partial charge in [-0.2, -0.15) is 8.78 Å². The molecule has 0 radical (unpaired) electrons. The molecule has 2 saturated carbocycles. The normalized spacial score (nSPS) is 26.4. The van der Waals surface area contributed by atoms with Crippen LogP contribution >= 0.6 is 0 Å². The predicted molar refractivity (Wildman–Crippen MR) is 109 cm³/mol. The summed E-state index contributed by atoms with van der Waals surface area (Å²) in [6.07, 6.45) is -1.00. The maximum atomic E-state index is 14.0. The van der Waals surface area contributed by atoms with Crippen molar-refractivity contribution in [2.24, 2.45) is 23.7 Å². The van der Waals surface area contributed by atoms with Gasteiger partial charge in [-0.15, -0.1) is 13.2 Å². The first-order valence-electron chi connectivity index (χ1n) is 11.8. The lowest BCUT2D eigenvalue weighted by atomic mass is 9.69. The van der Waals surface area contributed by atoms with Crippen molar-refractivity contribution < 1.29 is 45.0 Å². The molecule has 2 fully saturated rings. The molecule has 0 bridgehead atoms. The molecular formula is C24H29F7O3. The van der Waals surface area contributed by atoms with Gasteiger partial charge in [0.15, 0.2) is 0 Å². The number of benzene rings is 1. The van der Waals surface area contributed by atoms with Gasteiger partial charge in [0, 0.05) is 12.1 Å². The zero-order chi connectivity index (χ0) is 25.1. The Morgan fingerprint density at radius 3 is 1.85 bits per heavy atom. The van der Waals surface area contributed by atoms with E-state index in [4.69, 9.17) is 4.74 Å². The number of carbonyl (C=O) groups excluding carboxylic acids is 1. The van der Waals surface area contributed by atoms with Gasteiger partial charge in [0.2, 0.25) is 0 Å². The number of ether oxygens (including phenoxy) is 2. The van der Waals surface area contributed by atoms with Crippen molar-refractivity contribution >= 4 is 5.97 Å². The van der Waals surface area contributed by atoms with Crippen molar-refractivity contribution in [3.05, 3.63) is 29.3 Å². The summed E-state index contributed by atoms with van der Waals surface area (Å²) in [6.45, 7) is 2.20. The largest absolute Gasteiger partial charge is 0.527 e. The van der Waals surface area contributed by atoms with E-state index in [0.717, 1.165) is 18.8 Å². The molecule has 1 aromatic rings. The molecule has 1 aromatic carbocycles. The van der Waals surface area contributed by atoms with Gasteiger partial charge in [-0.1, -0.05) is 32.6 Å². The smallest absolute Gasteiger partial charge is 0.426 e. The Labute approximate surface area is 194 Å². The Hall–Kier alpha value is -1.84. The van der Waals surface area contributed by atoms with E-state index >= 15 is 0 Å². The van der Waals surface area contributed by atoms with E-state index in [1.165, 1.54) is 38.5 Å². The van der Waals surface area contributed by atoms with E-state index in [9.17, 15) is 35.5 Å². The molecule has 3 rings (SSSR count). The Morgan fingerprint density at radius 1 is 0.882 bits per heavy atom. The SMILES string of the molecule is CCCC1CCC(C2CCC(C(=O)Oc3cc(F)c(C(F)(F)OC(F)(F)F)c(F)c3)CC2)CC1. The molecule has 0 N–H and O–H groups in total. The van der Waals surface area contributed by atoms with Crippen LogP contribution in [0.25, 0.3) is 0 Å². The zero-order valence-electron chi connectivity index (χ0n) is 18.9. The number of rotatable bonds is 7. The Balaban J connectivity index is 1.55. The molecule has 3 nitrogen and oxygen atoms in total. The number of hydrogen-bond donors (Lipinski definition) is 0. The number of carbonyl (C=O) groups is 1. The number of esters is 1. The molecule has 0 saturated heterocycles. The summed E-state index contributed by atoms with van der Waals surface area (Å²) in [5.74, 6) is -3.98. The molecule has 0 unspecified atom stereocenters. The highest BCUT2D eigenvalue weighted by Gasteiger charge is 2.49. The van der Waals surface area contributed by atoms with Crippen LogP contribution in [0.5, 0.6) is 5.75 Å². The number of halogens is 7. The van der Waals surface area contributed by atoms with E-state index in [2.05, 4.69) is 11.7 Å². The van der Waals surface area contributed by atoms with Crippen molar-refractivity contribution in [2.45, 2.75) is 83.6 Å². The molecule has 2 aliphatic carbocycles.